The van der Waals surface area contributed by atoms with E-state index < -0.39 is 17.6 Å². The average Bonchev–Trinajstić information content (AvgIpc) is 3.18. The van der Waals surface area contributed by atoms with E-state index in [0.29, 0.717) is 5.56 Å². The SMILES string of the molecule is O=C1CC(c2ccc(O)cc2)Oc2cc(O)cc(O)c21.O=C1CC(c2ccc(O)cc2)Oc2cc(O)cc(O)c21.O=c1cc(-c2ccc(O)cc2)oc2cc(O)cc(O)c12. The Balaban J connectivity index is 0.000000136. The fourth-order valence-electron chi connectivity index (χ4n) is 6.62. The van der Waals surface area contributed by atoms with Gasteiger partial charge in [-0.15, -0.1) is 0 Å². The molecule has 2 unspecified atom stereocenters. The van der Waals surface area contributed by atoms with Crippen molar-refractivity contribution in [1.29, 1.82) is 0 Å². The third-order valence-electron chi connectivity index (χ3n) is 9.45. The van der Waals surface area contributed by atoms with Gasteiger partial charge < -0.3 is 59.8 Å². The Morgan fingerprint density at radius 3 is 1.28 bits per heavy atom. The minimum absolute atomic E-state index is 0.0188. The average molecular weight is 815 g/mol. The van der Waals surface area contributed by atoms with Crippen molar-refractivity contribution in [2.75, 3.05) is 0 Å². The molecule has 3 heterocycles. The van der Waals surface area contributed by atoms with Crippen molar-refractivity contribution >= 4 is 22.5 Å². The third kappa shape index (κ3) is 8.50. The second-order valence-corrected chi connectivity index (χ2v) is 13.7. The zero-order chi connectivity index (χ0) is 42.8. The Hall–Kier alpha value is -8.33. The molecule has 0 bridgehead atoms. The van der Waals surface area contributed by atoms with Crippen LogP contribution in [-0.4, -0.2) is 57.5 Å². The predicted molar refractivity (Wildman–Crippen MR) is 213 cm³/mol. The van der Waals surface area contributed by atoms with Crippen LogP contribution in [0.25, 0.3) is 22.3 Å². The molecule has 0 spiro atoms. The first-order valence-electron chi connectivity index (χ1n) is 18.0. The van der Waals surface area contributed by atoms with Crippen LogP contribution in [0.2, 0.25) is 0 Å². The smallest absolute Gasteiger partial charge is 0.197 e. The lowest BCUT2D eigenvalue weighted by Crippen LogP contribution is -2.20. The summed E-state index contributed by atoms with van der Waals surface area (Å²) in [6.07, 6.45) is -0.819. The quantitative estimate of drug-likeness (QED) is 0.0831. The largest absolute Gasteiger partial charge is 0.508 e. The summed E-state index contributed by atoms with van der Waals surface area (Å²) in [4.78, 5) is 36.2. The minimum atomic E-state index is -0.503. The van der Waals surface area contributed by atoms with Crippen LogP contribution in [0.4, 0.5) is 0 Å². The van der Waals surface area contributed by atoms with Gasteiger partial charge in [0.25, 0.3) is 0 Å². The summed E-state index contributed by atoms with van der Waals surface area (Å²) < 4.78 is 16.9. The summed E-state index contributed by atoms with van der Waals surface area (Å²) in [5, 5.41) is 85.3. The summed E-state index contributed by atoms with van der Waals surface area (Å²) in [7, 11) is 0. The van der Waals surface area contributed by atoms with Crippen molar-refractivity contribution < 1.29 is 69.4 Å². The molecule has 1 aromatic heterocycles. The molecular formula is C45H34O15. The Labute approximate surface area is 338 Å². The van der Waals surface area contributed by atoms with Crippen molar-refractivity contribution in [1.82, 2.24) is 0 Å². The maximum atomic E-state index is 12.1. The van der Waals surface area contributed by atoms with Gasteiger partial charge >= 0.3 is 0 Å². The molecule has 60 heavy (non-hydrogen) atoms. The fraction of sp³-hybridized carbons (Fsp3) is 0.0889. The van der Waals surface area contributed by atoms with E-state index >= 15 is 0 Å². The van der Waals surface area contributed by atoms with E-state index in [1.807, 2.05) is 0 Å². The standard InChI is InChI=1S/2C15H12O5.C15H10O5/c3*16-9-3-1-8(2-4-9)13-7-12(19)15-11(18)5-10(17)6-14(15)20-13/h2*1-6,13,16-18H,7H2;1-7,16-18H. The number of rotatable bonds is 3. The third-order valence-corrected chi connectivity index (χ3v) is 9.45. The monoisotopic (exact) mass is 814 g/mol. The number of carbonyl (C=O) groups excluding carboxylic acids is 2. The van der Waals surface area contributed by atoms with Gasteiger partial charge in [-0.3, -0.25) is 14.4 Å². The van der Waals surface area contributed by atoms with Gasteiger partial charge in [-0.1, -0.05) is 24.3 Å². The van der Waals surface area contributed by atoms with Crippen molar-refractivity contribution in [3.8, 4) is 74.6 Å². The lowest BCUT2D eigenvalue weighted by molar-refractivity contribution is 0.0834. The first kappa shape index (κ1) is 39.9. The number of aromatic hydroxyl groups is 9. The van der Waals surface area contributed by atoms with Gasteiger partial charge in [0.2, 0.25) is 0 Å². The fourth-order valence-corrected chi connectivity index (χ4v) is 6.62. The van der Waals surface area contributed by atoms with Crippen molar-refractivity contribution in [3.63, 3.8) is 0 Å². The summed E-state index contributed by atoms with van der Waals surface area (Å²) in [6.45, 7) is 0. The number of Topliss-reactive ketones (excluding diaryl/α,β-unsaturated/α-hetero) is 2. The van der Waals surface area contributed by atoms with Gasteiger partial charge in [0.05, 0.1) is 12.8 Å². The van der Waals surface area contributed by atoms with E-state index in [2.05, 4.69) is 0 Å². The molecule has 15 heteroatoms. The number of hydrogen-bond acceptors (Lipinski definition) is 15. The van der Waals surface area contributed by atoms with E-state index in [1.54, 1.807) is 36.4 Å². The highest BCUT2D eigenvalue weighted by molar-refractivity contribution is 6.03. The number of ether oxygens (including phenoxy) is 2. The van der Waals surface area contributed by atoms with E-state index in [9.17, 15) is 60.3 Å². The summed E-state index contributed by atoms with van der Waals surface area (Å²) >= 11 is 0. The molecule has 0 radical (unpaired) electrons. The van der Waals surface area contributed by atoms with E-state index in [0.717, 1.165) is 29.3 Å². The first-order valence-corrected chi connectivity index (χ1v) is 18.0. The number of hydrogen-bond donors (Lipinski definition) is 9. The Morgan fingerprint density at radius 1 is 0.433 bits per heavy atom. The van der Waals surface area contributed by atoms with Crippen LogP contribution >= 0.6 is 0 Å². The molecule has 0 fully saturated rings. The van der Waals surface area contributed by atoms with Crippen LogP contribution in [0.3, 0.4) is 0 Å². The normalized spacial score (nSPS) is 15.2. The zero-order valence-corrected chi connectivity index (χ0v) is 31.0. The maximum Gasteiger partial charge on any atom is 0.197 e. The van der Waals surface area contributed by atoms with Gasteiger partial charge in [-0.25, -0.2) is 0 Å². The number of fused-ring (bicyclic) bond motifs is 3. The number of carbonyl (C=O) groups is 2. The summed E-state index contributed by atoms with van der Waals surface area (Å²) in [5.41, 5.74) is 1.96. The van der Waals surface area contributed by atoms with Crippen LogP contribution in [0.1, 0.15) is 56.9 Å². The van der Waals surface area contributed by atoms with Crippen LogP contribution in [0.5, 0.6) is 63.2 Å². The van der Waals surface area contributed by atoms with Crippen LogP contribution in [0, 0.1) is 0 Å². The van der Waals surface area contributed by atoms with Gasteiger partial charge in [0.1, 0.15) is 103 Å². The van der Waals surface area contributed by atoms with Gasteiger partial charge in [-0.05, 0) is 59.7 Å². The molecule has 0 saturated heterocycles. The first-order chi connectivity index (χ1) is 28.6. The van der Waals surface area contributed by atoms with Gasteiger partial charge in [0, 0.05) is 48.0 Å². The minimum Gasteiger partial charge on any atom is -0.508 e. The van der Waals surface area contributed by atoms with Crippen LogP contribution < -0.4 is 14.9 Å². The van der Waals surface area contributed by atoms with E-state index in [1.165, 1.54) is 60.7 Å². The predicted octanol–water partition coefficient (Wildman–Crippen LogP) is 7.60. The molecule has 15 nitrogen and oxygen atoms in total. The maximum absolute atomic E-state index is 12.1. The lowest BCUT2D eigenvalue weighted by atomic mass is 9.95. The van der Waals surface area contributed by atoms with Crippen molar-refractivity contribution in [2.24, 2.45) is 0 Å². The second kappa shape index (κ2) is 16.3. The molecule has 0 saturated carbocycles. The van der Waals surface area contributed by atoms with Crippen LogP contribution in [0.15, 0.2) is 124 Å². The Bertz CT molecular complexity index is 2690. The molecule has 9 N–H and O–H groups in total. The second-order valence-electron chi connectivity index (χ2n) is 13.7. The molecule has 6 aromatic carbocycles. The lowest BCUT2D eigenvalue weighted by Gasteiger charge is -2.26. The number of ketones is 2. The van der Waals surface area contributed by atoms with E-state index in [4.69, 9.17) is 13.9 Å². The summed E-state index contributed by atoms with van der Waals surface area (Å²) in [6, 6.07) is 27.3. The molecule has 0 amide bonds. The summed E-state index contributed by atoms with van der Waals surface area (Å²) in [5.74, 6) is -0.939. The molecule has 0 aliphatic carbocycles. The highest BCUT2D eigenvalue weighted by Gasteiger charge is 2.32. The number of phenols is 9. The van der Waals surface area contributed by atoms with Gasteiger partial charge in [-0.2, -0.15) is 0 Å². The molecule has 304 valence electrons. The molecule has 7 aromatic rings. The zero-order valence-electron chi connectivity index (χ0n) is 31.0. The number of phenolic OH excluding ortho intramolecular Hbond substituents is 9. The molecule has 2 aliphatic heterocycles. The molecular weight excluding hydrogens is 780 g/mol. The van der Waals surface area contributed by atoms with Crippen LogP contribution in [-0.2, 0) is 0 Å². The molecule has 2 aliphatic rings. The molecule has 9 rings (SSSR count). The van der Waals surface area contributed by atoms with E-state index in [-0.39, 0.29) is 116 Å². The topological polar surface area (TPSA) is 265 Å². The van der Waals surface area contributed by atoms with Crippen molar-refractivity contribution in [3.05, 3.63) is 148 Å². The highest BCUT2D eigenvalue weighted by Crippen LogP contribution is 2.43. The van der Waals surface area contributed by atoms with Crippen molar-refractivity contribution in [2.45, 2.75) is 25.0 Å². The Kier molecular flexibility index (Phi) is 10.8. The number of benzene rings is 6. The van der Waals surface area contributed by atoms with Gasteiger partial charge in [0.15, 0.2) is 17.0 Å². The molecule has 2 atom stereocenters. The Morgan fingerprint density at radius 2 is 0.833 bits per heavy atom. The highest BCUT2D eigenvalue weighted by atomic mass is 16.5.